The first-order valence-corrected chi connectivity index (χ1v) is 5.62. The highest BCUT2D eigenvalue weighted by Crippen LogP contribution is 2.24. The number of carbonyl (C=O) groups excluding carboxylic acids is 1. The molecule has 2 rings (SSSR count). The molecule has 1 aliphatic heterocycles. The van der Waals surface area contributed by atoms with Gasteiger partial charge in [-0.25, -0.2) is 4.79 Å². The smallest absolute Gasteiger partial charge is 0.322 e. The van der Waals surface area contributed by atoms with E-state index in [1.807, 2.05) is 38.1 Å². The molecule has 1 heterocycles. The maximum atomic E-state index is 11.7. The van der Waals surface area contributed by atoms with E-state index in [1.54, 1.807) is 4.90 Å². The third-order valence-electron chi connectivity index (χ3n) is 2.38. The summed E-state index contributed by atoms with van der Waals surface area (Å²) in [6, 6.07) is 7.72. The van der Waals surface area contributed by atoms with E-state index in [0.29, 0.717) is 6.54 Å². The maximum absolute atomic E-state index is 11.7. The van der Waals surface area contributed by atoms with Gasteiger partial charge in [-0.2, -0.15) is 0 Å². The lowest BCUT2D eigenvalue weighted by Crippen LogP contribution is -2.36. The Bertz CT molecular complexity index is 386. The highest BCUT2D eigenvalue weighted by atomic mass is 79.9. The van der Waals surface area contributed by atoms with E-state index >= 15 is 0 Å². The SMILES string of the molecule is CC1(C)CN(c2ccc(Br)cc2)C(=O)N1. The van der Waals surface area contributed by atoms with Crippen molar-refractivity contribution in [1.82, 2.24) is 5.32 Å². The van der Waals surface area contributed by atoms with Gasteiger partial charge >= 0.3 is 6.03 Å². The van der Waals surface area contributed by atoms with Gasteiger partial charge in [0, 0.05) is 10.2 Å². The molecule has 80 valence electrons. The normalized spacial score (nSPS) is 19.1. The molecule has 1 saturated heterocycles. The van der Waals surface area contributed by atoms with E-state index in [4.69, 9.17) is 0 Å². The standard InChI is InChI=1S/C11H13BrN2O/c1-11(2)7-14(10(15)13-11)9-5-3-8(12)4-6-9/h3-6H,7H2,1-2H3,(H,13,15). The van der Waals surface area contributed by atoms with Crippen LogP contribution in [0.1, 0.15) is 13.8 Å². The van der Waals surface area contributed by atoms with Crippen LogP contribution >= 0.6 is 15.9 Å². The van der Waals surface area contributed by atoms with Crippen LogP contribution in [-0.4, -0.2) is 18.1 Å². The predicted octanol–water partition coefficient (Wildman–Crippen LogP) is 2.76. The molecular formula is C11H13BrN2O. The molecule has 1 fully saturated rings. The van der Waals surface area contributed by atoms with E-state index in [1.165, 1.54) is 0 Å². The number of hydrogen-bond acceptors (Lipinski definition) is 1. The topological polar surface area (TPSA) is 32.3 Å². The molecule has 15 heavy (non-hydrogen) atoms. The van der Waals surface area contributed by atoms with Crippen LogP contribution in [0, 0.1) is 0 Å². The molecule has 3 nitrogen and oxygen atoms in total. The summed E-state index contributed by atoms with van der Waals surface area (Å²) in [5, 5.41) is 2.93. The fourth-order valence-electron chi connectivity index (χ4n) is 1.69. The van der Waals surface area contributed by atoms with Crippen molar-refractivity contribution in [3.8, 4) is 0 Å². The average Bonchev–Trinajstić information content (AvgIpc) is 2.41. The lowest BCUT2D eigenvalue weighted by molar-refractivity contribution is 0.249. The van der Waals surface area contributed by atoms with E-state index < -0.39 is 0 Å². The molecule has 1 N–H and O–H groups in total. The predicted molar refractivity (Wildman–Crippen MR) is 64.1 cm³/mol. The second-order valence-electron chi connectivity index (χ2n) is 4.38. The second kappa shape index (κ2) is 3.52. The number of benzene rings is 1. The molecule has 0 aromatic heterocycles. The Morgan fingerprint density at radius 2 is 1.93 bits per heavy atom. The Morgan fingerprint density at radius 3 is 2.40 bits per heavy atom. The summed E-state index contributed by atoms with van der Waals surface area (Å²) in [5.41, 5.74) is 0.783. The fraction of sp³-hybridized carbons (Fsp3) is 0.364. The first-order chi connectivity index (χ1) is 6.98. The molecule has 0 aliphatic carbocycles. The highest BCUT2D eigenvalue weighted by molar-refractivity contribution is 9.10. The Labute approximate surface area is 97.6 Å². The van der Waals surface area contributed by atoms with Crippen molar-refractivity contribution in [2.24, 2.45) is 0 Å². The Morgan fingerprint density at radius 1 is 1.33 bits per heavy atom. The van der Waals surface area contributed by atoms with Gasteiger partial charge in [-0.05, 0) is 38.1 Å². The van der Waals surface area contributed by atoms with Crippen LogP contribution in [0.4, 0.5) is 10.5 Å². The summed E-state index contributed by atoms with van der Waals surface area (Å²) in [7, 11) is 0. The first kappa shape index (κ1) is 10.5. The van der Waals surface area contributed by atoms with Gasteiger partial charge in [-0.3, -0.25) is 4.90 Å². The summed E-state index contributed by atoms with van der Waals surface area (Å²) >= 11 is 3.37. The molecule has 0 spiro atoms. The molecule has 4 heteroatoms. The van der Waals surface area contributed by atoms with Gasteiger partial charge in [0.05, 0.1) is 12.1 Å². The molecule has 0 bridgehead atoms. The quantitative estimate of drug-likeness (QED) is 0.835. The number of carbonyl (C=O) groups is 1. The highest BCUT2D eigenvalue weighted by Gasteiger charge is 2.35. The van der Waals surface area contributed by atoms with Crippen molar-refractivity contribution >= 4 is 27.6 Å². The second-order valence-corrected chi connectivity index (χ2v) is 5.29. The number of nitrogens with zero attached hydrogens (tertiary/aromatic N) is 1. The number of nitrogens with one attached hydrogen (secondary N) is 1. The lowest BCUT2D eigenvalue weighted by Gasteiger charge is -2.17. The minimum absolute atomic E-state index is 0.0256. The minimum atomic E-state index is -0.149. The molecule has 0 radical (unpaired) electrons. The van der Waals surface area contributed by atoms with Gasteiger partial charge in [0.2, 0.25) is 0 Å². The summed E-state index contributed by atoms with van der Waals surface area (Å²) in [5.74, 6) is 0. The number of amides is 2. The lowest BCUT2D eigenvalue weighted by atomic mass is 10.1. The molecule has 1 aromatic rings. The van der Waals surface area contributed by atoms with Crippen molar-refractivity contribution < 1.29 is 4.79 Å². The van der Waals surface area contributed by atoms with Crippen LogP contribution in [0.5, 0.6) is 0 Å². The third-order valence-corrected chi connectivity index (χ3v) is 2.91. The fourth-order valence-corrected chi connectivity index (χ4v) is 1.96. The summed E-state index contributed by atoms with van der Waals surface area (Å²) < 4.78 is 1.02. The van der Waals surface area contributed by atoms with Crippen LogP contribution in [0.25, 0.3) is 0 Å². The van der Waals surface area contributed by atoms with Crippen LogP contribution < -0.4 is 10.2 Å². The monoisotopic (exact) mass is 268 g/mol. The maximum Gasteiger partial charge on any atom is 0.322 e. The van der Waals surface area contributed by atoms with Crippen LogP contribution in [-0.2, 0) is 0 Å². The van der Waals surface area contributed by atoms with Gasteiger partial charge in [0.25, 0.3) is 0 Å². The Hall–Kier alpha value is -1.03. The van der Waals surface area contributed by atoms with Crippen LogP contribution in [0.3, 0.4) is 0 Å². The third kappa shape index (κ3) is 2.15. The number of rotatable bonds is 1. The summed E-state index contributed by atoms with van der Waals surface area (Å²) in [4.78, 5) is 13.4. The van der Waals surface area contributed by atoms with Crippen LogP contribution in [0.2, 0.25) is 0 Å². The zero-order chi connectivity index (χ0) is 11.1. The molecule has 1 aliphatic rings. The van der Waals surface area contributed by atoms with E-state index in [0.717, 1.165) is 10.2 Å². The van der Waals surface area contributed by atoms with Crippen molar-refractivity contribution in [3.05, 3.63) is 28.7 Å². The Balaban J connectivity index is 2.25. The minimum Gasteiger partial charge on any atom is -0.331 e. The van der Waals surface area contributed by atoms with Crippen LogP contribution in [0.15, 0.2) is 28.7 Å². The summed E-state index contributed by atoms with van der Waals surface area (Å²) in [6.07, 6.45) is 0. The Kier molecular flexibility index (Phi) is 2.46. The first-order valence-electron chi connectivity index (χ1n) is 4.83. The molecule has 0 unspecified atom stereocenters. The zero-order valence-corrected chi connectivity index (χ0v) is 10.3. The summed E-state index contributed by atoms with van der Waals surface area (Å²) in [6.45, 7) is 4.74. The molecule has 0 saturated carbocycles. The van der Waals surface area contributed by atoms with Gasteiger partial charge in [0.15, 0.2) is 0 Å². The molecule has 0 atom stereocenters. The molecule has 1 aromatic carbocycles. The number of halogens is 1. The largest absolute Gasteiger partial charge is 0.331 e. The molecule has 2 amide bonds. The van der Waals surface area contributed by atoms with Gasteiger partial charge in [-0.1, -0.05) is 15.9 Å². The van der Waals surface area contributed by atoms with Crippen molar-refractivity contribution in [2.75, 3.05) is 11.4 Å². The van der Waals surface area contributed by atoms with E-state index in [-0.39, 0.29) is 11.6 Å². The number of anilines is 1. The molecular weight excluding hydrogens is 256 g/mol. The number of hydrogen-bond donors (Lipinski definition) is 1. The average molecular weight is 269 g/mol. The number of urea groups is 1. The zero-order valence-electron chi connectivity index (χ0n) is 8.75. The van der Waals surface area contributed by atoms with Crippen molar-refractivity contribution in [1.29, 1.82) is 0 Å². The van der Waals surface area contributed by atoms with Gasteiger partial charge < -0.3 is 5.32 Å². The van der Waals surface area contributed by atoms with Gasteiger partial charge in [-0.15, -0.1) is 0 Å². The van der Waals surface area contributed by atoms with Crippen molar-refractivity contribution in [2.45, 2.75) is 19.4 Å². The van der Waals surface area contributed by atoms with E-state index in [9.17, 15) is 4.79 Å². The van der Waals surface area contributed by atoms with Gasteiger partial charge in [0.1, 0.15) is 0 Å². The van der Waals surface area contributed by atoms with E-state index in [2.05, 4.69) is 21.2 Å². The van der Waals surface area contributed by atoms with Crippen molar-refractivity contribution in [3.63, 3.8) is 0 Å².